The Labute approximate surface area is 273 Å². The van der Waals surface area contributed by atoms with Crippen molar-refractivity contribution in [3.8, 4) is 0 Å². The summed E-state index contributed by atoms with van der Waals surface area (Å²) in [6, 6.07) is 16.5. The summed E-state index contributed by atoms with van der Waals surface area (Å²) in [5.41, 5.74) is 6.65. The number of hydrogen-bond donors (Lipinski definition) is 1. The van der Waals surface area contributed by atoms with Crippen LogP contribution in [0.2, 0.25) is 0 Å². The van der Waals surface area contributed by atoms with Crippen LogP contribution in [0, 0.1) is 16.6 Å². The molecule has 244 valence electrons. The Morgan fingerprint density at radius 2 is 1.60 bits per heavy atom. The number of benzene rings is 2. The Bertz CT molecular complexity index is 1750. The number of halogens is 3. The number of hydrogen-bond acceptors (Lipinski definition) is 4. The number of rotatable bonds is 8. The number of pyridine rings is 1. The van der Waals surface area contributed by atoms with Crippen LogP contribution < -0.4 is 5.32 Å². The summed E-state index contributed by atoms with van der Waals surface area (Å²) >= 11 is 0. The predicted octanol–water partition coefficient (Wildman–Crippen LogP) is 6.90. The first-order valence-corrected chi connectivity index (χ1v) is 16.4. The number of aromatic nitrogens is 1. The number of carbonyl (C=O) groups is 2. The van der Waals surface area contributed by atoms with Gasteiger partial charge >= 0.3 is 0 Å². The van der Waals surface area contributed by atoms with Crippen LogP contribution in [0.5, 0.6) is 0 Å². The van der Waals surface area contributed by atoms with Crippen molar-refractivity contribution in [3.63, 3.8) is 0 Å². The van der Waals surface area contributed by atoms with E-state index >= 15 is 0 Å². The van der Waals surface area contributed by atoms with Crippen LogP contribution in [0.15, 0.2) is 78.6 Å². The molecule has 3 fully saturated rings. The van der Waals surface area contributed by atoms with Gasteiger partial charge in [-0.05, 0) is 97.7 Å². The van der Waals surface area contributed by atoms with Crippen molar-refractivity contribution >= 4 is 23.0 Å². The highest BCUT2D eigenvalue weighted by Gasteiger charge is 2.59. The van der Waals surface area contributed by atoms with Gasteiger partial charge in [0.25, 0.3) is 12.3 Å². The van der Waals surface area contributed by atoms with Crippen LogP contribution in [0.1, 0.15) is 77.7 Å². The molecule has 0 bridgehead atoms. The van der Waals surface area contributed by atoms with Crippen molar-refractivity contribution in [2.45, 2.75) is 51.5 Å². The minimum atomic E-state index is -2.63. The molecule has 2 aromatic carbocycles. The van der Waals surface area contributed by atoms with Gasteiger partial charge in [-0.1, -0.05) is 48.0 Å². The first kappa shape index (κ1) is 31.4. The maximum absolute atomic E-state index is 13.8. The van der Waals surface area contributed by atoms with E-state index in [0.29, 0.717) is 23.9 Å². The van der Waals surface area contributed by atoms with E-state index in [1.54, 1.807) is 12.3 Å². The Kier molecular flexibility index (Phi) is 8.07. The zero-order valence-corrected chi connectivity index (χ0v) is 26.7. The van der Waals surface area contributed by atoms with Gasteiger partial charge in [0.1, 0.15) is 11.2 Å². The second-order valence-corrected chi connectivity index (χ2v) is 14.0. The lowest BCUT2D eigenvalue weighted by atomic mass is 9.59. The van der Waals surface area contributed by atoms with E-state index in [2.05, 4.69) is 34.4 Å². The molecule has 2 amide bonds. The second-order valence-electron chi connectivity index (χ2n) is 14.0. The van der Waals surface area contributed by atoms with Crippen molar-refractivity contribution in [1.82, 2.24) is 20.1 Å². The third-order valence-electron chi connectivity index (χ3n) is 10.4. The topological polar surface area (TPSA) is 65.5 Å². The molecule has 1 saturated heterocycles. The molecule has 3 heterocycles. The lowest BCUT2D eigenvalue weighted by Gasteiger charge is -2.56. The van der Waals surface area contributed by atoms with Gasteiger partial charge in [0.05, 0.1) is 11.6 Å². The highest BCUT2D eigenvalue weighted by Crippen LogP contribution is 2.54. The van der Waals surface area contributed by atoms with Crippen molar-refractivity contribution in [2.75, 3.05) is 33.2 Å². The first-order chi connectivity index (χ1) is 22.6. The number of allylic oxidation sites excluding steroid dienone is 1. The molecule has 2 aliphatic carbocycles. The van der Waals surface area contributed by atoms with E-state index in [9.17, 15) is 22.8 Å². The minimum Gasteiger partial charge on any atom is -0.345 e. The Morgan fingerprint density at radius 1 is 0.936 bits per heavy atom. The lowest BCUT2D eigenvalue weighted by Crippen LogP contribution is -2.58. The zero-order chi connectivity index (χ0) is 32.9. The standard InChI is InChI=1S/C38H39F3N4O2/c1-24(25-3-5-27(6-4-25)33(28-7-9-32(39)10-8-28)31-18-37(19-31)22-44(2)23-37)43-34(46)30-17-29(20-42-21-30)26-11-15-45(16-12-26)36(47)38(13-14-38)35(40)41/h3-11,17,20-21,24,35H,12-16,18-19,22-23H2,1-2H3,(H,43,46)/t24-/m1/s1. The van der Waals surface area contributed by atoms with Crippen LogP contribution in [-0.4, -0.2) is 66.3 Å². The van der Waals surface area contributed by atoms with Crippen LogP contribution in [0.3, 0.4) is 0 Å². The molecule has 6 nitrogen and oxygen atoms in total. The summed E-state index contributed by atoms with van der Waals surface area (Å²) in [6.07, 6.45) is 5.55. The van der Waals surface area contributed by atoms with E-state index in [0.717, 1.165) is 53.8 Å². The maximum atomic E-state index is 13.8. The molecule has 1 N–H and O–H groups in total. The van der Waals surface area contributed by atoms with Crippen LogP contribution in [0.4, 0.5) is 13.2 Å². The van der Waals surface area contributed by atoms with Gasteiger partial charge in [-0.3, -0.25) is 14.6 Å². The Hall–Kier alpha value is -4.24. The average molecular weight is 641 g/mol. The minimum absolute atomic E-state index is 0.244. The van der Waals surface area contributed by atoms with Gasteiger partial charge in [-0.25, -0.2) is 13.2 Å². The highest BCUT2D eigenvalue weighted by molar-refractivity contribution is 5.95. The van der Waals surface area contributed by atoms with E-state index in [-0.39, 0.29) is 37.2 Å². The fourth-order valence-corrected chi connectivity index (χ4v) is 7.68. The van der Waals surface area contributed by atoms with E-state index in [1.165, 1.54) is 34.4 Å². The number of likely N-dealkylation sites (tertiary alicyclic amines) is 1. The van der Waals surface area contributed by atoms with E-state index in [1.807, 2.05) is 37.3 Å². The SMILES string of the molecule is C[C@@H](NC(=O)c1cncc(C2=CCN(C(=O)C3(C(F)F)CC3)CC2)c1)c1ccc(C(=C2CC3(C2)CN(C)C3)c2ccc(F)cc2)cc1. The lowest BCUT2D eigenvalue weighted by molar-refractivity contribution is -0.142. The fourth-order valence-electron chi connectivity index (χ4n) is 7.68. The molecule has 9 heteroatoms. The molecule has 2 saturated carbocycles. The van der Waals surface area contributed by atoms with Gasteiger partial charge in [0, 0.05) is 44.0 Å². The Morgan fingerprint density at radius 3 is 2.17 bits per heavy atom. The third-order valence-corrected chi connectivity index (χ3v) is 10.4. The smallest absolute Gasteiger partial charge is 0.253 e. The van der Waals surface area contributed by atoms with E-state index < -0.39 is 17.7 Å². The van der Waals surface area contributed by atoms with Gasteiger partial charge in [-0.2, -0.15) is 0 Å². The molecular formula is C38H39F3N4O2. The van der Waals surface area contributed by atoms with Crippen LogP contribution in [0.25, 0.3) is 11.1 Å². The zero-order valence-electron chi connectivity index (χ0n) is 26.7. The summed E-state index contributed by atoms with van der Waals surface area (Å²) < 4.78 is 40.6. The summed E-state index contributed by atoms with van der Waals surface area (Å²) in [7, 11) is 2.15. The fraction of sp³-hybridized carbons (Fsp3) is 0.395. The molecule has 4 aliphatic rings. The molecular weight excluding hydrogens is 601 g/mol. The van der Waals surface area contributed by atoms with Gasteiger partial charge in [-0.15, -0.1) is 0 Å². The number of alkyl halides is 2. The number of nitrogens with zero attached hydrogens (tertiary/aromatic N) is 3. The van der Waals surface area contributed by atoms with Crippen molar-refractivity contribution in [2.24, 2.45) is 10.8 Å². The van der Waals surface area contributed by atoms with Crippen LogP contribution >= 0.6 is 0 Å². The summed E-state index contributed by atoms with van der Waals surface area (Å²) in [5, 5.41) is 3.08. The first-order valence-electron chi connectivity index (χ1n) is 16.4. The molecule has 1 aromatic heterocycles. The summed E-state index contributed by atoms with van der Waals surface area (Å²) in [4.78, 5) is 34.1. The average Bonchev–Trinajstić information content (AvgIpc) is 3.86. The Balaban J connectivity index is 1.02. The monoisotopic (exact) mass is 640 g/mol. The largest absolute Gasteiger partial charge is 0.345 e. The van der Waals surface area contributed by atoms with E-state index in [4.69, 9.17) is 0 Å². The molecule has 3 aromatic rings. The molecule has 7 rings (SSSR count). The summed E-state index contributed by atoms with van der Waals surface area (Å²) in [6.45, 7) is 4.80. The molecule has 1 atom stereocenters. The predicted molar refractivity (Wildman–Crippen MR) is 175 cm³/mol. The molecule has 1 spiro atoms. The normalized spacial score (nSPS) is 20.3. The quantitative estimate of drug-likeness (QED) is 0.291. The van der Waals surface area contributed by atoms with Gasteiger partial charge < -0.3 is 15.1 Å². The van der Waals surface area contributed by atoms with Gasteiger partial charge in [0.2, 0.25) is 5.91 Å². The molecule has 47 heavy (non-hydrogen) atoms. The number of nitrogens with one attached hydrogen (secondary N) is 1. The number of amides is 2. The molecule has 2 aliphatic heterocycles. The van der Waals surface area contributed by atoms with Crippen molar-refractivity contribution in [3.05, 3.63) is 112 Å². The van der Waals surface area contributed by atoms with Gasteiger partial charge in [0.15, 0.2) is 0 Å². The number of carbonyl (C=O) groups excluding carboxylic acids is 2. The maximum Gasteiger partial charge on any atom is 0.253 e. The highest BCUT2D eigenvalue weighted by atomic mass is 19.3. The van der Waals surface area contributed by atoms with Crippen LogP contribution in [-0.2, 0) is 4.79 Å². The second kappa shape index (κ2) is 12.1. The van der Waals surface area contributed by atoms with Crippen molar-refractivity contribution in [1.29, 1.82) is 0 Å². The molecule has 0 radical (unpaired) electrons. The summed E-state index contributed by atoms with van der Waals surface area (Å²) in [5.74, 6) is -0.967. The third kappa shape index (κ3) is 6.02. The van der Waals surface area contributed by atoms with Crippen molar-refractivity contribution < 1.29 is 22.8 Å². The molecule has 0 unspecified atom stereocenters.